The molecule has 4 rings (SSSR count). The van der Waals surface area contributed by atoms with Crippen molar-refractivity contribution in [2.24, 2.45) is 0 Å². The van der Waals surface area contributed by atoms with Gasteiger partial charge in [-0.1, -0.05) is 23.3 Å². The molecule has 1 aliphatic heterocycles. The molecule has 0 atom stereocenters. The minimum absolute atomic E-state index is 0.239. The number of aromatic nitrogens is 4. The standard InChI is InChI=1S/C20H20N6O/c1-14-10-15(2)12-17(11-14)19-22-13-25(24-19)8-6-18(27)23-26-9-5-16-4-3-7-21-20(16)26/h3-4,6-8,10-13H,5,9H2,1-2H3,(H,23,27)/b8-6-. The topological polar surface area (TPSA) is 75.9 Å². The fraction of sp³-hybridized carbons (Fsp3) is 0.200. The molecule has 3 aromatic rings. The fourth-order valence-electron chi connectivity index (χ4n) is 3.21. The van der Waals surface area contributed by atoms with E-state index in [1.165, 1.54) is 10.8 Å². The molecule has 0 bridgehead atoms. The molecule has 0 radical (unpaired) electrons. The normalized spacial score (nSPS) is 13.2. The van der Waals surface area contributed by atoms with Crippen LogP contribution in [0.1, 0.15) is 16.7 Å². The van der Waals surface area contributed by atoms with Crippen LogP contribution in [0.4, 0.5) is 5.82 Å². The third-order valence-corrected chi connectivity index (χ3v) is 4.34. The Bertz CT molecular complexity index is 1000. The zero-order valence-electron chi connectivity index (χ0n) is 15.3. The van der Waals surface area contributed by atoms with E-state index in [9.17, 15) is 4.79 Å². The highest BCUT2D eigenvalue weighted by atomic mass is 16.2. The van der Waals surface area contributed by atoms with Gasteiger partial charge in [0.25, 0.3) is 5.91 Å². The zero-order valence-corrected chi connectivity index (χ0v) is 15.3. The monoisotopic (exact) mass is 360 g/mol. The molecule has 1 N–H and O–H groups in total. The molecule has 1 aliphatic rings. The van der Waals surface area contributed by atoms with Crippen LogP contribution in [0.2, 0.25) is 0 Å². The Morgan fingerprint density at radius 1 is 1.19 bits per heavy atom. The summed E-state index contributed by atoms with van der Waals surface area (Å²) in [6, 6.07) is 10.1. The maximum atomic E-state index is 12.2. The molecule has 0 aliphatic carbocycles. The fourth-order valence-corrected chi connectivity index (χ4v) is 3.21. The van der Waals surface area contributed by atoms with Gasteiger partial charge in [0.1, 0.15) is 12.1 Å². The predicted octanol–water partition coefficient (Wildman–Crippen LogP) is 2.52. The minimum Gasteiger partial charge on any atom is -0.268 e. The maximum absolute atomic E-state index is 12.2. The molecule has 0 saturated heterocycles. The first kappa shape index (κ1) is 17.0. The highest BCUT2D eigenvalue weighted by Gasteiger charge is 2.20. The molecule has 0 unspecified atom stereocenters. The number of pyridine rings is 1. The summed E-state index contributed by atoms with van der Waals surface area (Å²) < 4.78 is 1.53. The molecule has 27 heavy (non-hydrogen) atoms. The van der Waals surface area contributed by atoms with Crippen LogP contribution in [0.25, 0.3) is 17.6 Å². The Labute approximate surface area is 157 Å². The van der Waals surface area contributed by atoms with E-state index in [0.717, 1.165) is 34.5 Å². The van der Waals surface area contributed by atoms with Gasteiger partial charge in [0.2, 0.25) is 0 Å². The number of hydrogen-bond donors (Lipinski definition) is 1. The van der Waals surface area contributed by atoms with Gasteiger partial charge in [-0.25, -0.2) is 14.6 Å². The van der Waals surface area contributed by atoms with Crippen molar-refractivity contribution in [3.8, 4) is 11.4 Å². The van der Waals surface area contributed by atoms with Gasteiger partial charge in [-0.2, -0.15) is 0 Å². The van der Waals surface area contributed by atoms with Gasteiger partial charge in [0.05, 0.1) is 0 Å². The van der Waals surface area contributed by atoms with E-state index in [-0.39, 0.29) is 5.91 Å². The molecule has 7 nitrogen and oxygen atoms in total. The number of carbonyl (C=O) groups is 1. The Balaban J connectivity index is 1.43. The summed E-state index contributed by atoms with van der Waals surface area (Å²) >= 11 is 0. The van der Waals surface area contributed by atoms with Crippen molar-refractivity contribution in [3.63, 3.8) is 0 Å². The second-order valence-corrected chi connectivity index (χ2v) is 6.60. The van der Waals surface area contributed by atoms with Gasteiger partial charge in [0.15, 0.2) is 5.82 Å². The lowest BCUT2D eigenvalue weighted by Gasteiger charge is -2.17. The van der Waals surface area contributed by atoms with Crippen molar-refractivity contribution in [1.29, 1.82) is 0 Å². The van der Waals surface area contributed by atoms with Crippen LogP contribution in [0.15, 0.2) is 48.9 Å². The Morgan fingerprint density at radius 2 is 2.00 bits per heavy atom. The van der Waals surface area contributed by atoms with Gasteiger partial charge in [0, 0.05) is 30.6 Å². The van der Waals surface area contributed by atoms with E-state index in [0.29, 0.717) is 12.4 Å². The molecule has 136 valence electrons. The van der Waals surface area contributed by atoms with Crippen molar-refractivity contribution >= 4 is 17.9 Å². The van der Waals surface area contributed by atoms with E-state index in [1.807, 2.05) is 38.1 Å². The van der Waals surface area contributed by atoms with Crippen molar-refractivity contribution in [2.75, 3.05) is 11.6 Å². The van der Waals surface area contributed by atoms with Crippen LogP contribution in [0, 0.1) is 13.8 Å². The van der Waals surface area contributed by atoms with Gasteiger partial charge >= 0.3 is 0 Å². The summed E-state index contributed by atoms with van der Waals surface area (Å²) in [6.07, 6.45) is 7.20. The molecule has 7 heteroatoms. The summed E-state index contributed by atoms with van der Waals surface area (Å²) in [5, 5.41) is 6.18. The van der Waals surface area contributed by atoms with Gasteiger partial charge in [-0.05, 0) is 44.0 Å². The van der Waals surface area contributed by atoms with Gasteiger partial charge in [-0.15, -0.1) is 5.10 Å². The molecular formula is C20H20N6O. The lowest BCUT2D eigenvalue weighted by atomic mass is 10.1. The minimum atomic E-state index is -0.239. The zero-order chi connectivity index (χ0) is 18.8. The van der Waals surface area contributed by atoms with Crippen LogP contribution >= 0.6 is 0 Å². The SMILES string of the molecule is Cc1cc(C)cc(-c2ncn(/C=C\C(=O)NN3CCc4cccnc43)n2)c1. The molecule has 0 spiro atoms. The van der Waals surface area contributed by atoms with Crippen molar-refractivity contribution in [1.82, 2.24) is 25.2 Å². The Hall–Kier alpha value is -3.48. The number of hydrazine groups is 1. The highest BCUT2D eigenvalue weighted by molar-refractivity contribution is 5.91. The third kappa shape index (κ3) is 3.72. The number of aryl methyl sites for hydroxylation is 2. The second kappa shape index (κ2) is 7.03. The average molecular weight is 360 g/mol. The van der Waals surface area contributed by atoms with E-state index < -0.39 is 0 Å². The molecule has 0 saturated carbocycles. The molecule has 0 fully saturated rings. The van der Waals surface area contributed by atoms with Crippen molar-refractivity contribution in [2.45, 2.75) is 20.3 Å². The van der Waals surface area contributed by atoms with Crippen LogP contribution < -0.4 is 10.4 Å². The number of nitrogens with one attached hydrogen (secondary N) is 1. The third-order valence-electron chi connectivity index (χ3n) is 4.34. The van der Waals surface area contributed by atoms with Crippen LogP contribution in [0.5, 0.6) is 0 Å². The number of fused-ring (bicyclic) bond motifs is 1. The smallest absolute Gasteiger partial charge is 0.264 e. The van der Waals surface area contributed by atoms with Gasteiger partial charge < -0.3 is 0 Å². The van der Waals surface area contributed by atoms with E-state index in [1.54, 1.807) is 23.7 Å². The number of amides is 1. The van der Waals surface area contributed by atoms with Gasteiger partial charge in [-0.3, -0.25) is 15.2 Å². The predicted molar refractivity (Wildman–Crippen MR) is 104 cm³/mol. The largest absolute Gasteiger partial charge is 0.268 e. The Kier molecular flexibility index (Phi) is 4.42. The number of carbonyl (C=O) groups excluding carboxylic acids is 1. The lowest BCUT2D eigenvalue weighted by molar-refractivity contribution is -0.116. The summed E-state index contributed by atoms with van der Waals surface area (Å²) in [5.74, 6) is 1.19. The summed E-state index contributed by atoms with van der Waals surface area (Å²) in [5.41, 5.74) is 7.27. The quantitative estimate of drug-likeness (QED) is 0.724. The summed E-state index contributed by atoms with van der Waals surface area (Å²) in [6.45, 7) is 4.80. The van der Waals surface area contributed by atoms with Crippen molar-refractivity contribution in [3.05, 3.63) is 65.6 Å². The van der Waals surface area contributed by atoms with Crippen LogP contribution in [-0.4, -0.2) is 32.2 Å². The van der Waals surface area contributed by atoms with E-state index >= 15 is 0 Å². The number of rotatable bonds is 4. The number of anilines is 1. The van der Waals surface area contributed by atoms with Crippen LogP contribution in [0.3, 0.4) is 0 Å². The number of hydrogen-bond acceptors (Lipinski definition) is 5. The highest BCUT2D eigenvalue weighted by Crippen LogP contribution is 2.22. The maximum Gasteiger partial charge on any atom is 0.264 e. The summed E-state index contributed by atoms with van der Waals surface area (Å²) in [4.78, 5) is 20.9. The first-order valence-corrected chi connectivity index (χ1v) is 8.78. The number of nitrogens with zero attached hydrogens (tertiary/aromatic N) is 5. The molecule has 3 heterocycles. The molecular weight excluding hydrogens is 340 g/mol. The first-order chi connectivity index (χ1) is 13.1. The Morgan fingerprint density at radius 3 is 2.81 bits per heavy atom. The van der Waals surface area contributed by atoms with Crippen LogP contribution in [-0.2, 0) is 11.2 Å². The molecule has 2 aromatic heterocycles. The molecule has 1 amide bonds. The lowest BCUT2D eigenvalue weighted by Crippen LogP contribution is -2.40. The number of benzene rings is 1. The van der Waals surface area contributed by atoms with E-state index in [2.05, 4.69) is 26.6 Å². The average Bonchev–Trinajstić information content (AvgIpc) is 3.27. The van der Waals surface area contributed by atoms with Crippen molar-refractivity contribution < 1.29 is 4.79 Å². The summed E-state index contributed by atoms with van der Waals surface area (Å²) in [7, 11) is 0. The second-order valence-electron chi connectivity index (χ2n) is 6.60. The molecule has 1 aromatic carbocycles. The van der Waals surface area contributed by atoms with E-state index in [4.69, 9.17) is 0 Å². The first-order valence-electron chi connectivity index (χ1n) is 8.78.